The van der Waals surface area contributed by atoms with Crippen molar-refractivity contribution in [3.05, 3.63) is 68.5 Å². The summed E-state index contributed by atoms with van der Waals surface area (Å²) in [6.45, 7) is 10.8. The lowest BCUT2D eigenvalue weighted by atomic mass is 10.0. The van der Waals surface area contributed by atoms with Gasteiger partial charge in [0.1, 0.15) is 0 Å². The summed E-state index contributed by atoms with van der Waals surface area (Å²) in [5, 5.41) is 15.0. The third-order valence-corrected chi connectivity index (χ3v) is 7.11. The lowest BCUT2D eigenvalue weighted by Gasteiger charge is -2.34. The van der Waals surface area contributed by atoms with E-state index in [1.165, 1.54) is 10.4 Å². The van der Waals surface area contributed by atoms with Crippen LogP contribution in [0.4, 0.5) is 0 Å². The van der Waals surface area contributed by atoms with Gasteiger partial charge in [-0.25, -0.2) is 0 Å². The average molecular weight is 426 g/mol. The number of hydrogen-bond acceptors (Lipinski definition) is 3. The molecule has 3 rings (SSSR count). The first-order valence-corrected chi connectivity index (χ1v) is 11.2. The molecule has 1 N–H and O–H groups in total. The highest BCUT2D eigenvalue weighted by atomic mass is 35.5. The lowest BCUT2D eigenvalue weighted by molar-refractivity contribution is 0.0243. The van der Waals surface area contributed by atoms with Crippen molar-refractivity contribution in [2.75, 3.05) is 19.6 Å². The van der Waals surface area contributed by atoms with Crippen molar-refractivity contribution in [2.45, 2.75) is 44.3 Å². The molecule has 0 amide bonds. The molecule has 2 atom stereocenters. The maximum absolute atomic E-state index is 10.7. The fourth-order valence-electron chi connectivity index (χ4n) is 2.72. The summed E-state index contributed by atoms with van der Waals surface area (Å²) in [5.74, 6) is 0.769. The van der Waals surface area contributed by atoms with Crippen molar-refractivity contribution in [2.24, 2.45) is 0 Å². The van der Waals surface area contributed by atoms with E-state index >= 15 is 0 Å². The molecule has 2 nitrogen and oxygen atoms in total. The predicted octanol–water partition coefficient (Wildman–Crippen LogP) is 5.99. The normalized spacial score (nSPS) is 15.0. The van der Waals surface area contributed by atoms with Crippen molar-refractivity contribution >= 4 is 35.0 Å². The van der Waals surface area contributed by atoms with Gasteiger partial charge in [0.25, 0.3) is 0 Å². The first kappa shape index (κ1) is 22.6. The van der Waals surface area contributed by atoms with Crippen LogP contribution in [0.5, 0.6) is 0 Å². The Kier molecular flexibility index (Phi) is 8.51. The van der Waals surface area contributed by atoms with Crippen LogP contribution in [0, 0.1) is 10.4 Å². The third kappa shape index (κ3) is 6.40. The van der Waals surface area contributed by atoms with E-state index in [-0.39, 0.29) is 5.25 Å². The van der Waals surface area contributed by atoms with E-state index in [2.05, 4.69) is 49.9 Å². The predicted molar refractivity (Wildman–Crippen MR) is 120 cm³/mol. The van der Waals surface area contributed by atoms with Crippen LogP contribution in [0.3, 0.4) is 0 Å². The Morgan fingerprint density at radius 2 is 1.59 bits per heavy atom. The molecule has 0 aromatic heterocycles. The van der Waals surface area contributed by atoms with Crippen LogP contribution in [0.2, 0.25) is 10.0 Å². The fourth-order valence-corrected chi connectivity index (χ4v) is 4.39. The molecular formula is C22H29Cl2NOS. The number of likely N-dealkylation sites (N-methyl/N-ethyl adjacent to an activating group) is 1. The molecule has 0 saturated heterocycles. The topological polar surface area (TPSA) is 23.5 Å². The first-order chi connectivity index (χ1) is 12.8. The minimum atomic E-state index is -0.727. The van der Waals surface area contributed by atoms with E-state index in [0.29, 0.717) is 16.6 Å². The molecule has 0 bridgehead atoms. The Bertz CT molecular complexity index is 786. The summed E-state index contributed by atoms with van der Waals surface area (Å²) in [7, 11) is 0. The number of aliphatic hydroxyl groups is 1. The zero-order valence-electron chi connectivity index (χ0n) is 16.5. The van der Waals surface area contributed by atoms with E-state index in [0.717, 1.165) is 24.4 Å². The van der Waals surface area contributed by atoms with E-state index in [9.17, 15) is 5.11 Å². The lowest BCUT2D eigenvalue weighted by Crippen LogP contribution is -2.46. The Balaban J connectivity index is 0.000000358. The average Bonchev–Trinajstić information content (AvgIpc) is 2.62. The zero-order valence-corrected chi connectivity index (χ0v) is 18.8. The number of rotatable bonds is 8. The van der Waals surface area contributed by atoms with Crippen molar-refractivity contribution in [1.82, 2.24) is 4.90 Å². The number of halogens is 2. The van der Waals surface area contributed by atoms with Crippen LogP contribution in [0.25, 0.3) is 0 Å². The summed E-state index contributed by atoms with van der Waals surface area (Å²) in [5.41, 5.74) is 0.326. The molecule has 5 heteroatoms. The van der Waals surface area contributed by atoms with Crippen LogP contribution in [0.1, 0.15) is 33.3 Å². The van der Waals surface area contributed by atoms with Gasteiger partial charge >= 0.3 is 0 Å². The zero-order chi connectivity index (χ0) is 20.0. The van der Waals surface area contributed by atoms with Gasteiger partial charge < -0.3 is 10.0 Å². The minimum absolute atomic E-state index is 0.116. The van der Waals surface area contributed by atoms with Gasteiger partial charge in [0, 0.05) is 27.6 Å². The van der Waals surface area contributed by atoms with Gasteiger partial charge in [0.15, 0.2) is 0 Å². The summed E-state index contributed by atoms with van der Waals surface area (Å²) < 4.78 is 0. The van der Waals surface area contributed by atoms with E-state index in [4.69, 9.17) is 23.2 Å². The Hall–Kier alpha value is -0.710. The number of hydrogen-bond donors (Lipinski definition) is 1. The summed E-state index contributed by atoms with van der Waals surface area (Å²) in [6, 6.07) is 14.0. The largest absolute Gasteiger partial charge is 0.388 e. The van der Waals surface area contributed by atoms with Crippen molar-refractivity contribution < 1.29 is 5.11 Å². The van der Waals surface area contributed by atoms with Gasteiger partial charge in [0.05, 0.1) is 5.60 Å². The summed E-state index contributed by atoms with van der Waals surface area (Å²) in [6.07, 6.45) is 0. The molecule has 0 aliphatic heterocycles. The second-order valence-electron chi connectivity index (χ2n) is 7.08. The molecule has 1 aromatic carbocycles. The van der Waals surface area contributed by atoms with Gasteiger partial charge in [-0.15, -0.1) is 0 Å². The Labute approximate surface area is 177 Å². The molecule has 0 heterocycles. The van der Waals surface area contributed by atoms with Crippen LogP contribution in [-0.2, 0) is 5.75 Å². The highest BCUT2D eigenvalue weighted by molar-refractivity contribution is 7.99. The molecular weight excluding hydrogens is 397 g/mol. The molecule has 1 aromatic rings. The van der Waals surface area contributed by atoms with Crippen LogP contribution < -0.4 is 0 Å². The first-order valence-electron chi connectivity index (χ1n) is 9.37. The molecule has 0 fully saturated rings. The fraction of sp³-hybridized carbons (Fsp3) is 0.455. The molecule has 0 radical (unpaired) electrons. The SMILES string of the molecule is CCN(CC)CC(C)(O)C(C)SCc1ccc(Cl)cc1Cl.c1cc2ccc1=2. The monoisotopic (exact) mass is 425 g/mol. The summed E-state index contributed by atoms with van der Waals surface area (Å²) in [4.78, 5) is 2.24. The Morgan fingerprint density at radius 1 is 1.04 bits per heavy atom. The second-order valence-corrected chi connectivity index (χ2v) is 9.26. The standard InChI is InChI=1S/C16H25Cl2NOS.C6H4/c1-5-19(6-2)11-16(4,20)12(3)21-10-13-7-8-14(17)9-15(13)18;1-2-6-4-3-5(1)6/h7-9,12,20H,5-6,10-11H2,1-4H3;1-4H. The second kappa shape index (κ2) is 10.2. The van der Waals surface area contributed by atoms with Crippen molar-refractivity contribution in [1.29, 1.82) is 0 Å². The van der Waals surface area contributed by atoms with Gasteiger partial charge in [0.2, 0.25) is 0 Å². The molecule has 148 valence electrons. The highest BCUT2D eigenvalue weighted by Crippen LogP contribution is 2.30. The van der Waals surface area contributed by atoms with Gasteiger partial charge in [-0.3, -0.25) is 0 Å². The molecule has 2 aliphatic rings. The molecule has 2 unspecified atom stereocenters. The minimum Gasteiger partial charge on any atom is -0.388 e. The molecule has 27 heavy (non-hydrogen) atoms. The van der Waals surface area contributed by atoms with Crippen LogP contribution >= 0.6 is 35.0 Å². The molecule has 0 spiro atoms. The van der Waals surface area contributed by atoms with Crippen LogP contribution in [0.15, 0.2) is 42.5 Å². The molecule has 2 aliphatic carbocycles. The smallest absolute Gasteiger partial charge is 0.0861 e. The third-order valence-electron chi connectivity index (χ3n) is 5.04. The van der Waals surface area contributed by atoms with Gasteiger partial charge in [-0.1, -0.05) is 74.3 Å². The van der Waals surface area contributed by atoms with Gasteiger partial charge in [-0.05, 0) is 48.1 Å². The van der Waals surface area contributed by atoms with E-state index < -0.39 is 5.60 Å². The van der Waals surface area contributed by atoms with E-state index in [1.54, 1.807) is 17.8 Å². The number of benzene rings is 2. The van der Waals surface area contributed by atoms with E-state index in [1.807, 2.05) is 19.1 Å². The van der Waals surface area contributed by atoms with Crippen molar-refractivity contribution in [3.8, 4) is 0 Å². The van der Waals surface area contributed by atoms with Crippen molar-refractivity contribution in [3.63, 3.8) is 0 Å². The van der Waals surface area contributed by atoms with Gasteiger partial charge in [-0.2, -0.15) is 11.8 Å². The quantitative estimate of drug-likeness (QED) is 0.478. The number of nitrogens with zero attached hydrogens (tertiary/aromatic N) is 1. The van der Waals surface area contributed by atoms with Crippen LogP contribution in [-0.4, -0.2) is 40.5 Å². The highest BCUT2D eigenvalue weighted by Gasteiger charge is 2.30. The molecule has 0 saturated carbocycles. The maximum atomic E-state index is 10.7. The Morgan fingerprint density at radius 3 is 2.00 bits per heavy atom. The number of thioether (sulfide) groups is 1. The maximum Gasteiger partial charge on any atom is 0.0861 e. The summed E-state index contributed by atoms with van der Waals surface area (Å²) >= 11 is 13.8.